The standard InChI is InChI=1S/C11H17N3O2/c1-8-5-13-11(16-8)7-14(9(2)15)10-3-4-12-6-10/h5,10,12H,3-4,6-7H2,1-2H3/t10-/m1/s1. The molecular weight excluding hydrogens is 206 g/mol. The number of hydrogen-bond donors (Lipinski definition) is 1. The number of hydrogen-bond acceptors (Lipinski definition) is 4. The molecule has 1 aliphatic heterocycles. The van der Waals surface area contributed by atoms with Gasteiger partial charge in [0.05, 0.1) is 12.7 Å². The summed E-state index contributed by atoms with van der Waals surface area (Å²) < 4.78 is 5.40. The highest BCUT2D eigenvalue weighted by Crippen LogP contribution is 2.13. The van der Waals surface area contributed by atoms with Gasteiger partial charge in [-0.3, -0.25) is 4.79 Å². The van der Waals surface area contributed by atoms with Crippen LogP contribution in [0.15, 0.2) is 10.6 Å². The molecule has 1 aliphatic rings. The minimum Gasteiger partial charge on any atom is -0.444 e. The Morgan fingerprint density at radius 1 is 1.75 bits per heavy atom. The van der Waals surface area contributed by atoms with E-state index in [9.17, 15) is 4.79 Å². The van der Waals surface area contributed by atoms with Crippen LogP contribution in [-0.2, 0) is 11.3 Å². The average Bonchev–Trinajstić information content (AvgIpc) is 2.84. The Morgan fingerprint density at radius 3 is 3.06 bits per heavy atom. The van der Waals surface area contributed by atoms with Crippen LogP contribution in [0.1, 0.15) is 25.0 Å². The van der Waals surface area contributed by atoms with E-state index in [-0.39, 0.29) is 11.9 Å². The summed E-state index contributed by atoms with van der Waals surface area (Å²) in [6.45, 7) is 5.74. The number of amides is 1. The van der Waals surface area contributed by atoms with Crippen LogP contribution in [0.4, 0.5) is 0 Å². The first-order chi connectivity index (χ1) is 7.66. The average molecular weight is 223 g/mol. The topological polar surface area (TPSA) is 58.4 Å². The molecule has 0 spiro atoms. The molecule has 0 saturated carbocycles. The fourth-order valence-electron chi connectivity index (χ4n) is 2.02. The zero-order valence-electron chi connectivity index (χ0n) is 9.69. The monoisotopic (exact) mass is 223 g/mol. The second kappa shape index (κ2) is 4.65. The number of rotatable bonds is 3. The maximum Gasteiger partial charge on any atom is 0.220 e. The number of oxazole rings is 1. The highest BCUT2D eigenvalue weighted by atomic mass is 16.4. The number of carbonyl (C=O) groups is 1. The van der Waals surface area contributed by atoms with Crippen molar-refractivity contribution in [2.24, 2.45) is 0 Å². The fourth-order valence-corrected chi connectivity index (χ4v) is 2.02. The van der Waals surface area contributed by atoms with E-state index < -0.39 is 0 Å². The number of nitrogens with one attached hydrogen (secondary N) is 1. The Balaban J connectivity index is 2.05. The molecular formula is C11H17N3O2. The van der Waals surface area contributed by atoms with E-state index in [0.29, 0.717) is 12.4 Å². The molecule has 1 saturated heterocycles. The molecule has 16 heavy (non-hydrogen) atoms. The van der Waals surface area contributed by atoms with Gasteiger partial charge in [0.2, 0.25) is 11.8 Å². The van der Waals surface area contributed by atoms with E-state index in [1.807, 2.05) is 11.8 Å². The largest absolute Gasteiger partial charge is 0.444 e. The van der Waals surface area contributed by atoms with Crippen molar-refractivity contribution in [3.05, 3.63) is 17.8 Å². The quantitative estimate of drug-likeness (QED) is 0.819. The van der Waals surface area contributed by atoms with Crippen LogP contribution in [-0.4, -0.2) is 34.9 Å². The van der Waals surface area contributed by atoms with E-state index in [0.717, 1.165) is 25.3 Å². The van der Waals surface area contributed by atoms with E-state index in [1.54, 1.807) is 13.1 Å². The maximum atomic E-state index is 11.6. The van der Waals surface area contributed by atoms with Crippen LogP contribution in [0, 0.1) is 6.92 Å². The smallest absolute Gasteiger partial charge is 0.220 e. The Hall–Kier alpha value is -1.36. The van der Waals surface area contributed by atoms with Crippen molar-refractivity contribution in [2.45, 2.75) is 32.9 Å². The molecule has 1 aromatic heterocycles. The number of carbonyl (C=O) groups excluding carboxylic acids is 1. The lowest BCUT2D eigenvalue weighted by Gasteiger charge is -2.25. The molecule has 1 atom stereocenters. The molecule has 1 fully saturated rings. The Labute approximate surface area is 94.8 Å². The van der Waals surface area contributed by atoms with Crippen LogP contribution in [0.25, 0.3) is 0 Å². The lowest BCUT2D eigenvalue weighted by atomic mass is 10.2. The summed E-state index contributed by atoms with van der Waals surface area (Å²) in [5, 5.41) is 3.25. The van der Waals surface area contributed by atoms with Crippen LogP contribution in [0.3, 0.4) is 0 Å². The summed E-state index contributed by atoms with van der Waals surface area (Å²) in [6, 6.07) is 0.268. The summed E-state index contributed by atoms with van der Waals surface area (Å²) in [7, 11) is 0. The van der Waals surface area contributed by atoms with Crippen LogP contribution >= 0.6 is 0 Å². The lowest BCUT2D eigenvalue weighted by Crippen LogP contribution is -2.39. The van der Waals surface area contributed by atoms with Crippen molar-refractivity contribution in [2.75, 3.05) is 13.1 Å². The predicted molar refractivity (Wildman–Crippen MR) is 58.7 cm³/mol. The maximum absolute atomic E-state index is 11.6. The van der Waals surface area contributed by atoms with Crippen molar-refractivity contribution in [3.8, 4) is 0 Å². The number of nitrogens with zero attached hydrogens (tertiary/aromatic N) is 2. The second-order valence-corrected chi connectivity index (χ2v) is 4.16. The second-order valence-electron chi connectivity index (χ2n) is 4.16. The first kappa shape index (κ1) is 11.1. The molecule has 5 heteroatoms. The van der Waals surface area contributed by atoms with Crippen LogP contribution in [0.5, 0.6) is 0 Å². The molecule has 0 radical (unpaired) electrons. The summed E-state index contributed by atoms with van der Waals surface area (Å²) in [6.07, 6.45) is 2.68. The van der Waals surface area contributed by atoms with Gasteiger partial charge in [0.15, 0.2) is 0 Å². The SMILES string of the molecule is CC(=O)N(Cc1ncc(C)o1)[C@@H]1CCNC1. The van der Waals surface area contributed by atoms with Crippen molar-refractivity contribution in [1.29, 1.82) is 0 Å². The third-order valence-corrected chi connectivity index (χ3v) is 2.85. The molecule has 0 unspecified atom stereocenters. The summed E-state index contributed by atoms with van der Waals surface area (Å²) in [5.74, 6) is 1.47. The normalized spacial score (nSPS) is 20.0. The van der Waals surface area contributed by atoms with Crippen LogP contribution < -0.4 is 5.32 Å². The first-order valence-electron chi connectivity index (χ1n) is 5.56. The fraction of sp³-hybridized carbons (Fsp3) is 0.636. The van der Waals surface area contributed by atoms with Crippen molar-refractivity contribution < 1.29 is 9.21 Å². The van der Waals surface area contributed by atoms with Gasteiger partial charge in [-0.2, -0.15) is 0 Å². The Kier molecular flexibility index (Phi) is 3.24. The third-order valence-electron chi connectivity index (χ3n) is 2.85. The molecule has 1 N–H and O–H groups in total. The minimum atomic E-state index is 0.0737. The lowest BCUT2D eigenvalue weighted by molar-refractivity contribution is -0.131. The van der Waals surface area contributed by atoms with E-state index >= 15 is 0 Å². The summed E-state index contributed by atoms with van der Waals surface area (Å²) >= 11 is 0. The van der Waals surface area contributed by atoms with E-state index in [4.69, 9.17) is 4.42 Å². The minimum absolute atomic E-state index is 0.0737. The van der Waals surface area contributed by atoms with Gasteiger partial charge in [-0.05, 0) is 19.9 Å². The molecule has 0 aromatic carbocycles. The van der Waals surface area contributed by atoms with E-state index in [1.165, 1.54) is 0 Å². The van der Waals surface area contributed by atoms with Gasteiger partial charge in [0, 0.05) is 19.5 Å². The highest BCUT2D eigenvalue weighted by Gasteiger charge is 2.25. The van der Waals surface area contributed by atoms with Gasteiger partial charge >= 0.3 is 0 Å². The van der Waals surface area contributed by atoms with Crippen LogP contribution in [0.2, 0.25) is 0 Å². The van der Waals surface area contributed by atoms with Gasteiger partial charge in [-0.1, -0.05) is 0 Å². The molecule has 88 valence electrons. The molecule has 0 aliphatic carbocycles. The van der Waals surface area contributed by atoms with Crippen molar-refractivity contribution in [1.82, 2.24) is 15.2 Å². The Bertz CT molecular complexity index is 369. The number of aryl methyl sites for hydroxylation is 1. The van der Waals surface area contributed by atoms with Gasteiger partial charge < -0.3 is 14.6 Å². The highest BCUT2D eigenvalue weighted by molar-refractivity contribution is 5.73. The molecule has 0 bridgehead atoms. The van der Waals surface area contributed by atoms with Gasteiger partial charge in [0.25, 0.3) is 0 Å². The van der Waals surface area contributed by atoms with Gasteiger partial charge in [-0.15, -0.1) is 0 Å². The molecule has 1 amide bonds. The Morgan fingerprint density at radius 2 is 2.56 bits per heavy atom. The summed E-state index contributed by atoms with van der Waals surface area (Å²) in [5.41, 5.74) is 0. The first-order valence-corrected chi connectivity index (χ1v) is 5.56. The molecule has 1 aromatic rings. The third kappa shape index (κ3) is 2.41. The molecule has 2 rings (SSSR count). The van der Waals surface area contributed by atoms with E-state index in [2.05, 4.69) is 10.3 Å². The molecule has 5 nitrogen and oxygen atoms in total. The predicted octanol–water partition coefficient (Wildman–Crippen LogP) is 0.693. The van der Waals surface area contributed by atoms with Gasteiger partial charge in [0.1, 0.15) is 5.76 Å². The van der Waals surface area contributed by atoms with Crippen molar-refractivity contribution >= 4 is 5.91 Å². The van der Waals surface area contributed by atoms with Crippen molar-refractivity contribution in [3.63, 3.8) is 0 Å². The zero-order chi connectivity index (χ0) is 11.5. The van der Waals surface area contributed by atoms with Gasteiger partial charge in [-0.25, -0.2) is 4.98 Å². The number of aromatic nitrogens is 1. The summed E-state index contributed by atoms with van der Waals surface area (Å²) in [4.78, 5) is 17.5. The molecule has 2 heterocycles. The zero-order valence-corrected chi connectivity index (χ0v) is 9.69.